The molecule has 31 heavy (non-hydrogen) atoms. The first-order valence-corrected chi connectivity index (χ1v) is 13.0. The normalized spacial score (nSPS) is 23.6. The van der Waals surface area contributed by atoms with E-state index in [-0.39, 0.29) is 22.8 Å². The van der Waals surface area contributed by atoms with Crippen LogP contribution in [0.3, 0.4) is 0 Å². The first kappa shape index (κ1) is 22.1. The number of pyridine rings is 1. The third kappa shape index (κ3) is 3.73. The second kappa shape index (κ2) is 7.80. The summed E-state index contributed by atoms with van der Waals surface area (Å²) in [4.78, 5) is 21.1. The van der Waals surface area contributed by atoms with Crippen molar-refractivity contribution in [1.82, 2.24) is 4.98 Å². The van der Waals surface area contributed by atoms with Gasteiger partial charge in [-0.3, -0.25) is 14.8 Å². The number of rotatable bonds is 4. The Morgan fingerprint density at radius 2 is 2.03 bits per heavy atom. The Bertz CT molecular complexity index is 1180. The van der Waals surface area contributed by atoms with Gasteiger partial charge in [-0.25, -0.2) is 12.8 Å². The third-order valence-corrected chi connectivity index (χ3v) is 9.71. The summed E-state index contributed by atoms with van der Waals surface area (Å²) in [5.41, 5.74) is 6.32. The van der Waals surface area contributed by atoms with E-state index in [9.17, 15) is 17.6 Å². The summed E-state index contributed by atoms with van der Waals surface area (Å²) in [6.07, 6.45) is 3.29. The van der Waals surface area contributed by atoms with Gasteiger partial charge in [-0.1, -0.05) is 28.7 Å². The van der Waals surface area contributed by atoms with Crippen molar-refractivity contribution >= 4 is 49.9 Å². The van der Waals surface area contributed by atoms with Crippen LogP contribution in [0.1, 0.15) is 47.8 Å². The molecule has 1 aromatic heterocycles. The van der Waals surface area contributed by atoms with Gasteiger partial charge in [-0.2, -0.15) is 0 Å². The summed E-state index contributed by atoms with van der Waals surface area (Å²) in [5, 5.41) is 2.69. The Kier molecular flexibility index (Phi) is 5.57. The first-order chi connectivity index (χ1) is 14.6. The molecule has 2 aliphatic rings. The van der Waals surface area contributed by atoms with Crippen LogP contribution in [-0.2, 0) is 19.8 Å². The largest absolute Gasteiger partial charge is 0.386 e. The van der Waals surface area contributed by atoms with Crippen molar-refractivity contribution in [2.75, 3.05) is 11.1 Å². The van der Waals surface area contributed by atoms with Gasteiger partial charge in [0.25, 0.3) is 5.91 Å². The lowest BCUT2D eigenvalue weighted by Crippen LogP contribution is -2.61. The number of benzene rings is 1. The van der Waals surface area contributed by atoms with E-state index in [0.29, 0.717) is 18.5 Å². The van der Waals surface area contributed by atoms with Gasteiger partial charge < -0.3 is 11.1 Å². The average molecular weight is 556 g/mol. The fourth-order valence-electron chi connectivity index (χ4n) is 4.12. The standard InChI is InChI=1S/C21H22FIN4O3S/c1-20(12-31(29,30)21(7-2-8-21)19(24)27-20)15-9-14(4-5-16(15)22)26-18(28)17-6-3-13(10-23)11-25-17/h3-6,9,11H,2,7-8,10,12H2,1H3,(H2,24,27)(H,26,28)/t20-/m0/s1. The molecular weight excluding hydrogens is 534 g/mol. The molecule has 3 N–H and O–H groups in total. The van der Waals surface area contributed by atoms with Gasteiger partial charge in [0.2, 0.25) is 0 Å². The van der Waals surface area contributed by atoms with E-state index in [0.717, 1.165) is 16.4 Å². The van der Waals surface area contributed by atoms with Gasteiger partial charge in [0.05, 0.1) is 5.75 Å². The van der Waals surface area contributed by atoms with Crippen molar-refractivity contribution in [3.05, 3.63) is 59.2 Å². The van der Waals surface area contributed by atoms with E-state index >= 15 is 0 Å². The van der Waals surface area contributed by atoms with Crippen LogP contribution in [0.2, 0.25) is 0 Å². The second-order valence-corrected chi connectivity index (χ2v) is 11.3. The van der Waals surface area contributed by atoms with Gasteiger partial charge in [-0.05, 0) is 56.0 Å². The highest BCUT2D eigenvalue weighted by atomic mass is 127. The Balaban J connectivity index is 1.65. The molecule has 7 nitrogen and oxygen atoms in total. The molecule has 1 aromatic carbocycles. The molecule has 1 aliphatic heterocycles. The molecule has 2 heterocycles. The Hall–Kier alpha value is -2.08. The number of nitrogens with zero attached hydrogens (tertiary/aromatic N) is 2. The van der Waals surface area contributed by atoms with Crippen LogP contribution >= 0.6 is 22.6 Å². The van der Waals surface area contributed by atoms with Crippen LogP contribution in [0.4, 0.5) is 10.1 Å². The lowest BCUT2D eigenvalue weighted by atomic mass is 9.82. The lowest BCUT2D eigenvalue weighted by molar-refractivity contribution is 0.102. The fraction of sp³-hybridized carbons (Fsp3) is 0.381. The Morgan fingerprint density at radius 1 is 1.29 bits per heavy atom. The minimum absolute atomic E-state index is 0.0425. The van der Waals surface area contributed by atoms with Crippen LogP contribution in [0.25, 0.3) is 0 Å². The number of alkyl halides is 1. The van der Waals surface area contributed by atoms with E-state index in [1.807, 2.05) is 6.07 Å². The number of nitrogens with one attached hydrogen (secondary N) is 1. The van der Waals surface area contributed by atoms with Crippen molar-refractivity contribution in [2.24, 2.45) is 10.7 Å². The van der Waals surface area contributed by atoms with Crippen molar-refractivity contribution in [2.45, 2.75) is 40.9 Å². The number of sulfone groups is 1. The minimum atomic E-state index is -3.61. The number of aromatic nitrogens is 1. The molecule has 1 spiro atoms. The Morgan fingerprint density at radius 3 is 2.58 bits per heavy atom. The molecule has 0 saturated heterocycles. The topological polar surface area (TPSA) is 115 Å². The summed E-state index contributed by atoms with van der Waals surface area (Å²) in [7, 11) is -3.61. The van der Waals surface area contributed by atoms with Gasteiger partial charge in [0.1, 0.15) is 27.6 Å². The summed E-state index contributed by atoms with van der Waals surface area (Å²) in [5.74, 6) is -1.36. The van der Waals surface area contributed by atoms with Crippen LogP contribution in [0, 0.1) is 5.82 Å². The smallest absolute Gasteiger partial charge is 0.274 e. The Labute approximate surface area is 193 Å². The van der Waals surface area contributed by atoms with E-state index in [4.69, 9.17) is 5.73 Å². The highest BCUT2D eigenvalue weighted by Gasteiger charge is 2.58. The minimum Gasteiger partial charge on any atom is -0.386 e. The maximum atomic E-state index is 14.8. The molecule has 1 fully saturated rings. The average Bonchev–Trinajstić information content (AvgIpc) is 2.67. The number of amidine groups is 1. The molecule has 1 atom stereocenters. The molecule has 4 rings (SSSR count). The molecule has 10 heteroatoms. The second-order valence-electron chi connectivity index (χ2n) is 8.21. The van der Waals surface area contributed by atoms with Gasteiger partial charge in [0, 0.05) is 21.9 Å². The number of nitrogens with two attached hydrogens (primary N) is 1. The quantitative estimate of drug-likeness (QED) is 0.443. The fourth-order valence-corrected chi connectivity index (χ4v) is 7.08. The summed E-state index contributed by atoms with van der Waals surface area (Å²) in [6, 6.07) is 7.45. The summed E-state index contributed by atoms with van der Waals surface area (Å²) < 4.78 is 40.5. The predicted octanol–water partition coefficient (Wildman–Crippen LogP) is 3.33. The maximum Gasteiger partial charge on any atom is 0.274 e. The monoisotopic (exact) mass is 556 g/mol. The van der Waals surface area contributed by atoms with Crippen molar-refractivity contribution in [3.8, 4) is 0 Å². The van der Waals surface area contributed by atoms with Crippen LogP contribution in [0.15, 0.2) is 41.5 Å². The molecule has 1 saturated carbocycles. The highest BCUT2D eigenvalue weighted by molar-refractivity contribution is 14.1. The number of aliphatic imine (C=N–C) groups is 1. The molecule has 0 bridgehead atoms. The molecule has 0 unspecified atom stereocenters. The highest BCUT2D eigenvalue weighted by Crippen LogP contribution is 2.47. The van der Waals surface area contributed by atoms with Crippen LogP contribution in [0.5, 0.6) is 0 Å². The molecular formula is C21H22FIN4O3S. The number of hydrogen-bond donors (Lipinski definition) is 2. The van der Waals surface area contributed by atoms with Gasteiger partial charge >= 0.3 is 0 Å². The zero-order chi connectivity index (χ0) is 22.4. The van der Waals surface area contributed by atoms with Crippen LogP contribution < -0.4 is 11.1 Å². The SMILES string of the molecule is C[C@@]1(c2cc(NC(=O)c3ccc(CI)cn3)ccc2F)CS(=O)(=O)C2(CCC2)C(N)=N1. The maximum absolute atomic E-state index is 14.8. The number of anilines is 1. The van der Waals surface area contributed by atoms with E-state index in [1.165, 1.54) is 18.2 Å². The van der Waals surface area contributed by atoms with Gasteiger partial charge in [0.15, 0.2) is 9.84 Å². The predicted molar refractivity (Wildman–Crippen MR) is 126 cm³/mol. The summed E-state index contributed by atoms with van der Waals surface area (Å²) in [6.45, 7) is 1.55. The zero-order valence-electron chi connectivity index (χ0n) is 16.9. The van der Waals surface area contributed by atoms with Crippen LogP contribution in [-0.4, -0.2) is 35.6 Å². The van der Waals surface area contributed by atoms with Crippen molar-refractivity contribution in [1.29, 1.82) is 0 Å². The summed E-state index contributed by atoms with van der Waals surface area (Å²) >= 11 is 2.20. The lowest BCUT2D eigenvalue weighted by Gasteiger charge is -2.46. The molecule has 164 valence electrons. The van der Waals surface area contributed by atoms with E-state index in [2.05, 4.69) is 37.9 Å². The van der Waals surface area contributed by atoms with Gasteiger partial charge in [-0.15, -0.1) is 0 Å². The zero-order valence-corrected chi connectivity index (χ0v) is 19.8. The third-order valence-electron chi connectivity index (χ3n) is 6.08. The first-order valence-electron chi connectivity index (χ1n) is 9.81. The van der Waals surface area contributed by atoms with E-state index < -0.39 is 31.8 Å². The molecule has 0 radical (unpaired) electrons. The number of carbonyl (C=O) groups excluding carboxylic acids is 1. The number of hydrogen-bond acceptors (Lipinski definition) is 6. The van der Waals surface area contributed by atoms with E-state index in [1.54, 1.807) is 19.2 Å². The van der Waals surface area contributed by atoms with Crippen molar-refractivity contribution < 1.29 is 17.6 Å². The molecule has 1 amide bonds. The number of amides is 1. The van der Waals surface area contributed by atoms with Crippen molar-refractivity contribution in [3.63, 3.8) is 0 Å². The molecule has 2 aromatic rings. The number of carbonyl (C=O) groups is 1. The molecule has 1 aliphatic carbocycles. The number of halogens is 2.